The van der Waals surface area contributed by atoms with Gasteiger partial charge in [0.25, 0.3) is 0 Å². The van der Waals surface area contributed by atoms with Crippen LogP contribution < -0.4 is 5.32 Å². The van der Waals surface area contributed by atoms with Crippen LogP contribution in [0.5, 0.6) is 0 Å². The third-order valence-electron chi connectivity index (χ3n) is 5.05. The molecule has 2 rings (SSSR count). The average Bonchev–Trinajstić information content (AvgIpc) is 3.01. The first-order valence-electron chi connectivity index (χ1n) is 7.78. The highest BCUT2D eigenvalue weighted by Gasteiger charge is 2.42. The summed E-state index contributed by atoms with van der Waals surface area (Å²) in [6, 6.07) is 0.0701. The zero-order valence-corrected chi connectivity index (χ0v) is 12.5. The molecular formula is C15H26N2O3. The Bertz CT molecular complexity index is 372. The third-order valence-corrected chi connectivity index (χ3v) is 5.05. The van der Waals surface area contributed by atoms with Crippen LogP contribution in [0, 0.1) is 17.8 Å². The number of hydrogen-bond acceptors (Lipinski definition) is 2. The van der Waals surface area contributed by atoms with Gasteiger partial charge in [-0.2, -0.15) is 0 Å². The number of nitrogens with one attached hydrogen (secondary N) is 1. The molecule has 2 amide bonds. The molecule has 2 fully saturated rings. The number of carbonyl (C=O) groups excluding carboxylic acids is 1. The summed E-state index contributed by atoms with van der Waals surface area (Å²) in [4.78, 5) is 24.4. The molecule has 0 aromatic heterocycles. The molecule has 20 heavy (non-hydrogen) atoms. The maximum absolute atomic E-state index is 12.2. The van der Waals surface area contributed by atoms with Crippen LogP contribution in [0.3, 0.4) is 0 Å². The molecule has 114 valence electrons. The minimum Gasteiger partial charge on any atom is -0.481 e. The van der Waals surface area contributed by atoms with Gasteiger partial charge in [-0.15, -0.1) is 0 Å². The highest BCUT2D eigenvalue weighted by atomic mass is 16.4. The maximum Gasteiger partial charge on any atom is 0.317 e. The molecule has 2 N–H and O–H groups in total. The smallest absolute Gasteiger partial charge is 0.317 e. The van der Waals surface area contributed by atoms with E-state index < -0.39 is 5.97 Å². The molecule has 5 heteroatoms. The van der Waals surface area contributed by atoms with E-state index in [-0.39, 0.29) is 25.0 Å². The lowest BCUT2D eigenvalue weighted by molar-refractivity contribution is -0.137. The van der Waals surface area contributed by atoms with Gasteiger partial charge >= 0.3 is 12.0 Å². The first-order valence-corrected chi connectivity index (χ1v) is 7.78. The minimum absolute atomic E-state index is 0.00374. The van der Waals surface area contributed by atoms with Crippen LogP contribution >= 0.6 is 0 Å². The molecule has 0 aromatic carbocycles. The molecule has 4 unspecified atom stereocenters. The maximum atomic E-state index is 12.2. The van der Waals surface area contributed by atoms with Gasteiger partial charge in [-0.1, -0.05) is 6.42 Å². The number of urea groups is 1. The van der Waals surface area contributed by atoms with Crippen LogP contribution in [-0.2, 0) is 4.79 Å². The summed E-state index contributed by atoms with van der Waals surface area (Å²) >= 11 is 0. The predicted octanol–water partition coefficient (Wildman–Crippen LogP) is 2.32. The fourth-order valence-electron chi connectivity index (χ4n) is 3.93. The van der Waals surface area contributed by atoms with Gasteiger partial charge in [0, 0.05) is 19.1 Å². The van der Waals surface area contributed by atoms with E-state index in [0.29, 0.717) is 12.5 Å². The topological polar surface area (TPSA) is 69.6 Å². The number of carboxylic acids is 1. The largest absolute Gasteiger partial charge is 0.481 e. The average molecular weight is 282 g/mol. The lowest BCUT2D eigenvalue weighted by Gasteiger charge is -2.30. The fourth-order valence-corrected chi connectivity index (χ4v) is 3.93. The molecule has 2 bridgehead atoms. The lowest BCUT2D eigenvalue weighted by atomic mass is 9.84. The van der Waals surface area contributed by atoms with E-state index in [1.54, 1.807) is 4.90 Å². The van der Waals surface area contributed by atoms with Crippen LogP contribution in [-0.4, -0.2) is 41.1 Å². The van der Waals surface area contributed by atoms with Gasteiger partial charge < -0.3 is 15.3 Å². The van der Waals surface area contributed by atoms with Crippen molar-refractivity contribution in [3.63, 3.8) is 0 Å². The Morgan fingerprint density at radius 3 is 2.60 bits per heavy atom. The Hall–Kier alpha value is -1.26. The quantitative estimate of drug-likeness (QED) is 0.785. The van der Waals surface area contributed by atoms with Crippen molar-refractivity contribution in [1.29, 1.82) is 0 Å². The molecule has 2 saturated carbocycles. The van der Waals surface area contributed by atoms with Crippen molar-refractivity contribution in [3.8, 4) is 0 Å². The highest BCUT2D eigenvalue weighted by Crippen LogP contribution is 2.49. The second-order valence-electron chi connectivity index (χ2n) is 6.30. The standard InChI is InChI=1S/C15H26N2O3/c1-3-17(7-6-14(18)19)15(20)16-10(2)13-9-11-4-5-12(13)8-11/h10-13H,3-9H2,1-2H3,(H,16,20)(H,18,19). The molecule has 0 spiro atoms. The first kappa shape index (κ1) is 15.1. The van der Waals surface area contributed by atoms with Crippen molar-refractivity contribution in [1.82, 2.24) is 10.2 Å². The van der Waals surface area contributed by atoms with Gasteiger partial charge in [0.1, 0.15) is 0 Å². The Labute approximate surface area is 120 Å². The van der Waals surface area contributed by atoms with Crippen LogP contribution in [0.1, 0.15) is 46.0 Å². The van der Waals surface area contributed by atoms with Crippen molar-refractivity contribution in [2.24, 2.45) is 17.8 Å². The Morgan fingerprint density at radius 2 is 2.10 bits per heavy atom. The van der Waals surface area contributed by atoms with E-state index in [2.05, 4.69) is 12.2 Å². The van der Waals surface area contributed by atoms with Gasteiger partial charge in [0.15, 0.2) is 0 Å². The van der Waals surface area contributed by atoms with Gasteiger partial charge in [-0.3, -0.25) is 4.79 Å². The Morgan fingerprint density at radius 1 is 1.35 bits per heavy atom. The van der Waals surface area contributed by atoms with E-state index in [0.717, 1.165) is 11.8 Å². The molecule has 0 heterocycles. The highest BCUT2D eigenvalue weighted by molar-refractivity contribution is 5.75. The fraction of sp³-hybridized carbons (Fsp3) is 0.867. The second-order valence-corrected chi connectivity index (χ2v) is 6.30. The van der Waals surface area contributed by atoms with E-state index in [9.17, 15) is 9.59 Å². The van der Waals surface area contributed by atoms with Crippen LogP contribution in [0.25, 0.3) is 0 Å². The second kappa shape index (κ2) is 6.46. The van der Waals surface area contributed by atoms with Gasteiger partial charge in [0.05, 0.1) is 6.42 Å². The molecule has 2 aliphatic carbocycles. The van der Waals surface area contributed by atoms with Crippen molar-refractivity contribution < 1.29 is 14.7 Å². The molecule has 0 radical (unpaired) electrons. The van der Waals surface area contributed by atoms with Crippen LogP contribution in [0.15, 0.2) is 0 Å². The molecule has 0 aromatic rings. The molecule has 0 saturated heterocycles. The number of rotatable bonds is 6. The molecule has 0 aliphatic heterocycles. The Kier molecular flexibility index (Phi) is 4.89. The van der Waals surface area contributed by atoms with Crippen LogP contribution in [0.2, 0.25) is 0 Å². The normalized spacial score (nSPS) is 29.2. The summed E-state index contributed by atoms with van der Waals surface area (Å²) < 4.78 is 0. The summed E-state index contributed by atoms with van der Waals surface area (Å²) in [5.41, 5.74) is 0. The number of amides is 2. The number of hydrogen-bond donors (Lipinski definition) is 2. The molecular weight excluding hydrogens is 256 g/mol. The summed E-state index contributed by atoms with van der Waals surface area (Å²) in [6.07, 6.45) is 5.26. The van der Waals surface area contributed by atoms with E-state index in [4.69, 9.17) is 5.11 Å². The molecule has 4 atom stereocenters. The summed E-state index contributed by atoms with van der Waals surface area (Å²) in [5.74, 6) is 1.40. The molecule has 5 nitrogen and oxygen atoms in total. The van der Waals surface area contributed by atoms with E-state index in [1.165, 1.54) is 25.7 Å². The summed E-state index contributed by atoms with van der Waals surface area (Å²) in [7, 11) is 0. The number of carboxylic acid groups (broad SMARTS) is 1. The zero-order chi connectivity index (χ0) is 14.7. The van der Waals surface area contributed by atoms with Crippen molar-refractivity contribution in [2.75, 3.05) is 13.1 Å². The van der Waals surface area contributed by atoms with Crippen molar-refractivity contribution in [2.45, 2.75) is 52.0 Å². The summed E-state index contributed by atoms with van der Waals surface area (Å²) in [5, 5.41) is 11.8. The van der Waals surface area contributed by atoms with E-state index >= 15 is 0 Å². The van der Waals surface area contributed by atoms with Gasteiger partial charge in [-0.25, -0.2) is 4.79 Å². The number of aliphatic carboxylic acids is 1. The van der Waals surface area contributed by atoms with Crippen molar-refractivity contribution >= 4 is 12.0 Å². The number of fused-ring (bicyclic) bond motifs is 2. The minimum atomic E-state index is -0.864. The summed E-state index contributed by atoms with van der Waals surface area (Å²) in [6.45, 7) is 4.79. The van der Waals surface area contributed by atoms with Gasteiger partial charge in [-0.05, 0) is 50.9 Å². The number of carbonyl (C=O) groups is 2. The van der Waals surface area contributed by atoms with Gasteiger partial charge in [0.2, 0.25) is 0 Å². The van der Waals surface area contributed by atoms with Crippen LogP contribution in [0.4, 0.5) is 4.79 Å². The van der Waals surface area contributed by atoms with E-state index in [1.807, 2.05) is 6.92 Å². The third kappa shape index (κ3) is 3.44. The SMILES string of the molecule is CCN(CCC(=O)O)C(=O)NC(C)C1CC2CCC1C2. The zero-order valence-electron chi connectivity index (χ0n) is 12.5. The molecule has 2 aliphatic rings. The number of nitrogens with zero attached hydrogens (tertiary/aromatic N) is 1. The monoisotopic (exact) mass is 282 g/mol. The predicted molar refractivity (Wildman–Crippen MR) is 76.4 cm³/mol. The lowest BCUT2D eigenvalue weighted by Crippen LogP contribution is -2.47. The Balaban J connectivity index is 1.81. The van der Waals surface area contributed by atoms with Crippen molar-refractivity contribution in [3.05, 3.63) is 0 Å². The first-order chi connectivity index (χ1) is 9.51.